The van der Waals surface area contributed by atoms with Crippen molar-refractivity contribution in [2.75, 3.05) is 14.2 Å². The Hall–Kier alpha value is -2.27. The molecule has 0 radical (unpaired) electrons. The average molecular weight is 311 g/mol. The highest BCUT2D eigenvalue weighted by Crippen LogP contribution is 2.31. The van der Waals surface area contributed by atoms with Crippen molar-refractivity contribution in [1.29, 1.82) is 0 Å². The molecule has 0 aliphatic rings. The summed E-state index contributed by atoms with van der Waals surface area (Å²) in [4.78, 5) is 12.0. The van der Waals surface area contributed by atoms with Gasteiger partial charge in [0.2, 0.25) is 0 Å². The zero-order valence-corrected chi connectivity index (χ0v) is 12.1. The lowest BCUT2D eigenvalue weighted by Gasteiger charge is -2.11. The second-order valence-electron chi connectivity index (χ2n) is 4.01. The Morgan fingerprint density at radius 3 is 2.29 bits per heavy atom. The number of halogens is 2. The summed E-state index contributed by atoms with van der Waals surface area (Å²) in [5, 5.41) is 0.256. The van der Waals surface area contributed by atoms with Gasteiger partial charge in [-0.15, -0.1) is 0 Å². The van der Waals surface area contributed by atoms with Crippen LogP contribution >= 0.6 is 11.6 Å². The number of hydrogen-bond donors (Lipinski definition) is 0. The van der Waals surface area contributed by atoms with Crippen molar-refractivity contribution in [3.63, 3.8) is 0 Å². The molecule has 0 saturated carbocycles. The Kier molecular flexibility index (Phi) is 4.65. The zero-order chi connectivity index (χ0) is 15.4. The maximum atomic E-state index is 13.9. The maximum Gasteiger partial charge on any atom is 0.346 e. The molecule has 0 bridgehead atoms. The number of esters is 1. The molecular formula is C15H12ClFO4. The molecule has 0 unspecified atom stereocenters. The number of para-hydroxylation sites is 1. The van der Waals surface area contributed by atoms with E-state index in [2.05, 4.69) is 0 Å². The Morgan fingerprint density at radius 2 is 1.67 bits per heavy atom. The summed E-state index contributed by atoms with van der Waals surface area (Å²) in [6.07, 6.45) is 0. The van der Waals surface area contributed by atoms with Crippen molar-refractivity contribution < 1.29 is 23.4 Å². The molecule has 0 amide bonds. The first-order valence-electron chi connectivity index (χ1n) is 5.95. The van der Waals surface area contributed by atoms with Crippen LogP contribution < -0.4 is 14.2 Å². The van der Waals surface area contributed by atoms with Gasteiger partial charge in [0, 0.05) is 12.1 Å². The van der Waals surface area contributed by atoms with E-state index < -0.39 is 11.8 Å². The molecule has 0 N–H and O–H groups in total. The fraction of sp³-hybridized carbons (Fsp3) is 0.133. The van der Waals surface area contributed by atoms with Crippen molar-refractivity contribution in [2.24, 2.45) is 0 Å². The van der Waals surface area contributed by atoms with E-state index in [1.807, 2.05) is 0 Å². The van der Waals surface area contributed by atoms with Gasteiger partial charge in [-0.1, -0.05) is 23.7 Å². The minimum absolute atomic E-state index is 0.151. The van der Waals surface area contributed by atoms with Crippen LogP contribution in [0.15, 0.2) is 36.4 Å². The van der Waals surface area contributed by atoms with Crippen molar-refractivity contribution in [2.45, 2.75) is 0 Å². The van der Waals surface area contributed by atoms with Gasteiger partial charge in [0.1, 0.15) is 11.6 Å². The van der Waals surface area contributed by atoms with Crippen LogP contribution in [0.25, 0.3) is 0 Å². The monoisotopic (exact) mass is 310 g/mol. The summed E-state index contributed by atoms with van der Waals surface area (Å²) in [6.45, 7) is 0. The van der Waals surface area contributed by atoms with Crippen LogP contribution in [0.1, 0.15) is 10.4 Å². The van der Waals surface area contributed by atoms with Crippen LogP contribution in [0.2, 0.25) is 5.02 Å². The van der Waals surface area contributed by atoms with Crippen molar-refractivity contribution in [3.05, 3.63) is 52.8 Å². The van der Waals surface area contributed by atoms with Crippen LogP contribution in [0.3, 0.4) is 0 Å². The van der Waals surface area contributed by atoms with Crippen molar-refractivity contribution >= 4 is 17.6 Å². The van der Waals surface area contributed by atoms with E-state index in [0.717, 1.165) is 6.07 Å². The van der Waals surface area contributed by atoms with Gasteiger partial charge in [-0.25, -0.2) is 9.18 Å². The topological polar surface area (TPSA) is 44.8 Å². The van der Waals surface area contributed by atoms with Gasteiger partial charge in [-0.05, 0) is 12.1 Å². The Bertz CT molecular complexity index is 673. The molecule has 0 aliphatic carbocycles. The lowest BCUT2D eigenvalue weighted by molar-refractivity contribution is 0.0729. The summed E-state index contributed by atoms with van der Waals surface area (Å²) in [7, 11) is 2.76. The first-order chi connectivity index (χ1) is 10.1. The molecule has 0 atom stereocenters. The standard InChI is InChI=1S/C15H12ClFO4/c1-19-13-7-9(11(17)8-14(13)20-2)15(18)21-12-6-4-3-5-10(12)16/h3-8H,1-2H3. The third kappa shape index (κ3) is 3.25. The maximum absolute atomic E-state index is 13.9. The molecular weight excluding hydrogens is 299 g/mol. The molecule has 4 nitrogen and oxygen atoms in total. The van der Waals surface area contributed by atoms with Gasteiger partial charge < -0.3 is 14.2 Å². The van der Waals surface area contributed by atoms with Crippen LogP contribution in [0.4, 0.5) is 4.39 Å². The van der Waals surface area contributed by atoms with Crippen LogP contribution in [-0.2, 0) is 0 Å². The summed E-state index contributed by atoms with van der Waals surface area (Å²) in [6, 6.07) is 8.69. The molecule has 2 aromatic carbocycles. The van der Waals surface area contributed by atoms with Crippen molar-refractivity contribution in [1.82, 2.24) is 0 Å². The first-order valence-corrected chi connectivity index (χ1v) is 6.33. The largest absolute Gasteiger partial charge is 0.493 e. The third-order valence-corrected chi connectivity index (χ3v) is 3.04. The summed E-state index contributed by atoms with van der Waals surface area (Å²) in [5.41, 5.74) is -0.271. The van der Waals surface area contributed by atoms with Crippen LogP contribution in [-0.4, -0.2) is 20.2 Å². The third-order valence-electron chi connectivity index (χ3n) is 2.73. The highest BCUT2D eigenvalue weighted by atomic mass is 35.5. The fourth-order valence-corrected chi connectivity index (χ4v) is 1.87. The average Bonchev–Trinajstić information content (AvgIpc) is 2.49. The number of hydrogen-bond acceptors (Lipinski definition) is 4. The summed E-state index contributed by atoms with van der Waals surface area (Å²) < 4.78 is 29.0. The van der Waals surface area contributed by atoms with Gasteiger partial charge >= 0.3 is 5.97 Å². The lowest BCUT2D eigenvalue weighted by Crippen LogP contribution is -2.11. The Labute approximate surface area is 126 Å². The summed E-state index contributed by atoms with van der Waals surface area (Å²) in [5.74, 6) is -1.08. The zero-order valence-electron chi connectivity index (χ0n) is 11.4. The first kappa shape index (κ1) is 15.1. The van der Waals surface area contributed by atoms with E-state index in [1.54, 1.807) is 18.2 Å². The normalized spacial score (nSPS) is 10.1. The number of carbonyl (C=O) groups excluding carboxylic acids is 1. The highest BCUT2D eigenvalue weighted by Gasteiger charge is 2.19. The molecule has 0 aliphatic heterocycles. The number of benzene rings is 2. The molecule has 0 saturated heterocycles. The van der Waals surface area contributed by atoms with Gasteiger partial charge in [-0.3, -0.25) is 0 Å². The molecule has 0 spiro atoms. The van der Waals surface area contributed by atoms with E-state index in [9.17, 15) is 9.18 Å². The molecule has 0 aromatic heterocycles. The van der Waals surface area contributed by atoms with Crippen LogP contribution in [0, 0.1) is 5.82 Å². The van der Waals surface area contributed by atoms with E-state index in [-0.39, 0.29) is 27.8 Å². The Morgan fingerprint density at radius 1 is 1.05 bits per heavy atom. The van der Waals surface area contributed by atoms with E-state index >= 15 is 0 Å². The minimum Gasteiger partial charge on any atom is -0.493 e. The fourth-order valence-electron chi connectivity index (χ4n) is 1.69. The van der Waals surface area contributed by atoms with E-state index in [0.29, 0.717) is 0 Å². The van der Waals surface area contributed by atoms with E-state index in [4.69, 9.17) is 25.8 Å². The number of methoxy groups -OCH3 is 2. The smallest absolute Gasteiger partial charge is 0.346 e. The predicted molar refractivity (Wildman–Crippen MR) is 75.9 cm³/mol. The minimum atomic E-state index is -0.874. The van der Waals surface area contributed by atoms with Gasteiger partial charge in [0.15, 0.2) is 11.5 Å². The molecule has 6 heteroatoms. The van der Waals surface area contributed by atoms with Gasteiger partial charge in [-0.2, -0.15) is 0 Å². The quantitative estimate of drug-likeness (QED) is 0.638. The van der Waals surface area contributed by atoms with E-state index in [1.165, 1.54) is 26.4 Å². The van der Waals surface area contributed by atoms with Crippen molar-refractivity contribution in [3.8, 4) is 17.2 Å². The van der Waals surface area contributed by atoms with Gasteiger partial charge in [0.05, 0.1) is 24.8 Å². The Balaban J connectivity index is 2.33. The second kappa shape index (κ2) is 6.45. The number of rotatable bonds is 4. The van der Waals surface area contributed by atoms with Gasteiger partial charge in [0.25, 0.3) is 0 Å². The molecule has 21 heavy (non-hydrogen) atoms. The second-order valence-corrected chi connectivity index (χ2v) is 4.41. The molecule has 2 rings (SSSR count). The molecule has 0 fully saturated rings. The molecule has 110 valence electrons. The number of ether oxygens (including phenoxy) is 3. The molecule has 2 aromatic rings. The predicted octanol–water partition coefficient (Wildman–Crippen LogP) is 3.72. The number of carbonyl (C=O) groups is 1. The van der Waals surface area contributed by atoms with Crippen LogP contribution in [0.5, 0.6) is 17.2 Å². The lowest BCUT2D eigenvalue weighted by atomic mass is 10.2. The SMILES string of the molecule is COc1cc(F)c(C(=O)Oc2ccccc2Cl)cc1OC. The highest BCUT2D eigenvalue weighted by molar-refractivity contribution is 6.32. The molecule has 0 heterocycles. The summed E-state index contributed by atoms with van der Waals surface area (Å²) >= 11 is 5.89.